The minimum atomic E-state index is -0.627. The lowest BCUT2D eigenvalue weighted by Gasteiger charge is -2.12. The van der Waals surface area contributed by atoms with Crippen LogP contribution in [0.5, 0.6) is 5.75 Å². The number of hydrogen-bond donors (Lipinski definition) is 3. The maximum absolute atomic E-state index is 10.6. The van der Waals surface area contributed by atoms with Crippen LogP contribution in [0.4, 0.5) is 5.82 Å². The molecule has 6 aromatic rings. The molecule has 1 aliphatic carbocycles. The summed E-state index contributed by atoms with van der Waals surface area (Å²) in [6, 6.07) is 20.2. The van der Waals surface area contributed by atoms with Crippen molar-refractivity contribution in [2.24, 2.45) is 5.73 Å². The van der Waals surface area contributed by atoms with Gasteiger partial charge in [-0.05, 0) is 98.0 Å². The Labute approximate surface area is 246 Å². The maximum atomic E-state index is 10.6. The molecule has 11 nitrogen and oxygen atoms in total. The van der Waals surface area contributed by atoms with Gasteiger partial charge in [0.1, 0.15) is 17.1 Å². The lowest BCUT2D eigenvalue weighted by molar-refractivity contribution is 0.1000. The van der Waals surface area contributed by atoms with E-state index in [4.69, 9.17) is 26.5 Å². The molecule has 0 unspecified atom stereocenters. The fourth-order valence-corrected chi connectivity index (χ4v) is 5.17. The summed E-state index contributed by atoms with van der Waals surface area (Å²) in [6.45, 7) is 1.93. The van der Waals surface area contributed by atoms with Crippen LogP contribution in [0.2, 0.25) is 0 Å². The number of nitrogen functional groups attached to an aromatic ring is 1. The molecule has 1 amide bonds. The van der Waals surface area contributed by atoms with Crippen molar-refractivity contribution in [3.05, 3.63) is 107 Å². The van der Waals surface area contributed by atoms with Gasteiger partial charge in [-0.1, -0.05) is 6.07 Å². The summed E-state index contributed by atoms with van der Waals surface area (Å²) in [6.07, 6.45) is 7.53. The van der Waals surface area contributed by atoms with Crippen LogP contribution >= 0.6 is 0 Å². The molecular weight excluding hydrogens is 544 g/mol. The Morgan fingerprint density at radius 2 is 1.81 bits per heavy atom. The molecule has 43 heavy (non-hydrogen) atoms. The molecule has 0 bridgehead atoms. The van der Waals surface area contributed by atoms with Gasteiger partial charge in [-0.2, -0.15) is 5.10 Å². The van der Waals surface area contributed by atoms with Crippen LogP contribution in [-0.2, 0) is 12.8 Å². The average Bonchev–Trinajstić information content (AvgIpc) is 3.77. The Kier molecular flexibility index (Phi) is 7.12. The standard InChI is InChI=1S/C24H21N7.C8H7NO3/c1-15-6-9-19(22(25)27-15)23-28-20-10-11-21(30-13-3-12-26-30)29-24(20)31(23)18-8-7-16-4-2-5-17(16)14-18;9-8(12)5-1-2-7(11)6(3-5)4-10/h3,6-14H,2,4-5H2,1H3,(H2,25,27);1-4,11H,(H2,9,12). The second kappa shape index (κ2) is 11.2. The largest absolute Gasteiger partial charge is 0.507 e. The number of benzene rings is 2. The number of aryl methyl sites for hydroxylation is 3. The highest BCUT2D eigenvalue weighted by atomic mass is 16.3. The number of phenols is 1. The molecule has 4 heterocycles. The van der Waals surface area contributed by atoms with Crippen LogP contribution in [-0.4, -0.2) is 46.6 Å². The van der Waals surface area contributed by atoms with E-state index >= 15 is 0 Å². The first kappa shape index (κ1) is 27.3. The van der Waals surface area contributed by atoms with E-state index in [9.17, 15) is 9.59 Å². The van der Waals surface area contributed by atoms with Gasteiger partial charge in [0.15, 0.2) is 23.6 Å². The van der Waals surface area contributed by atoms with E-state index in [1.165, 1.54) is 35.7 Å². The van der Waals surface area contributed by atoms with Crippen LogP contribution in [0.25, 0.3) is 34.1 Å². The zero-order chi connectivity index (χ0) is 30.1. The third kappa shape index (κ3) is 5.31. The zero-order valence-electron chi connectivity index (χ0n) is 23.3. The van der Waals surface area contributed by atoms with Crippen molar-refractivity contribution in [2.45, 2.75) is 26.2 Å². The fourth-order valence-electron chi connectivity index (χ4n) is 5.17. The minimum absolute atomic E-state index is 0.0614. The lowest BCUT2D eigenvalue weighted by atomic mass is 10.1. The van der Waals surface area contributed by atoms with E-state index in [2.05, 4.69) is 32.8 Å². The highest BCUT2D eigenvalue weighted by Crippen LogP contribution is 2.33. The van der Waals surface area contributed by atoms with Gasteiger partial charge in [-0.3, -0.25) is 14.2 Å². The molecule has 1 aliphatic rings. The molecule has 5 N–H and O–H groups in total. The van der Waals surface area contributed by atoms with E-state index in [0.29, 0.717) is 12.1 Å². The summed E-state index contributed by atoms with van der Waals surface area (Å²) < 4.78 is 3.84. The van der Waals surface area contributed by atoms with E-state index < -0.39 is 5.91 Å². The van der Waals surface area contributed by atoms with Gasteiger partial charge in [-0.15, -0.1) is 0 Å². The molecule has 2 aromatic carbocycles. The summed E-state index contributed by atoms with van der Waals surface area (Å²) in [5, 5.41) is 13.4. The van der Waals surface area contributed by atoms with Crippen molar-refractivity contribution in [2.75, 3.05) is 5.73 Å². The van der Waals surface area contributed by atoms with Crippen molar-refractivity contribution in [3.8, 4) is 28.6 Å². The summed E-state index contributed by atoms with van der Waals surface area (Å²) in [5.74, 6) is 1.16. The molecule has 214 valence electrons. The van der Waals surface area contributed by atoms with Gasteiger partial charge in [0.05, 0.1) is 11.1 Å². The second-order valence-corrected chi connectivity index (χ2v) is 10.2. The first-order chi connectivity index (χ1) is 20.8. The third-order valence-corrected chi connectivity index (χ3v) is 7.31. The van der Waals surface area contributed by atoms with Crippen LogP contribution in [0.15, 0.2) is 79.1 Å². The number of aromatic hydroxyl groups is 1. The highest BCUT2D eigenvalue weighted by molar-refractivity contribution is 5.95. The van der Waals surface area contributed by atoms with Gasteiger partial charge in [0, 0.05) is 29.3 Å². The number of amides is 1. The highest BCUT2D eigenvalue weighted by Gasteiger charge is 2.20. The Morgan fingerprint density at radius 3 is 2.56 bits per heavy atom. The molecule has 11 heteroatoms. The number of carbonyl (C=O) groups excluding carboxylic acids is 2. The van der Waals surface area contributed by atoms with E-state index in [0.717, 1.165) is 52.6 Å². The monoisotopic (exact) mass is 572 g/mol. The van der Waals surface area contributed by atoms with E-state index in [1.807, 2.05) is 43.5 Å². The number of rotatable bonds is 5. The Morgan fingerprint density at radius 1 is 0.977 bits per heavy atom. The number of hydrogen-bond acceptors (Lipinski definition) is 8. The smallest absolute Gasteiger partial charge is 0.248 e. The van der Waals surface area contributed by atoms with Crippen molar-refractivity contribution < 1.29 is 14.7 Å². The fraction of sp³-hybridized carbons (Fsp3) is 0.125. The number of carbonyl (C=O) groups is 2. The molecule has 0 fully saturated rings. The first-order valence-electron chi connectivity index (χ1n) is 13.7. The van der Waals surface area contributed by atoms with Crippen molar-refractivity contribution >= 4 is 29.2 Å². The lowest BCUT2D eigenvalue weighted by Crippen LogP contribution is -2.10. The number of aldehydes is 1. The SMILES string of the molecule is Cc1ccc(-c2nc3ccc(-n4cccn4)nc3n2-c2ccc3c(c2)CCC3)c(N)n1.NC(=O)c1ccc(O)c(C=O)c1. The second-order valence-electron chi connectivity index (χ2n) is 10.2. The summed E-state index contributed by atoms with van der Waals surface area (Å²) in [5.41, 5.74) is 18.6. The van der Waals surface area contributed by atoms with Gasteiger partial charge in [0.2, 0.25) is 5.91 Å². The quantitative estimate of drug-likeness (QED) is 0.256. The summed E-state index contributed by atoms with van der Waals surface area (Å²) >= 11 is 0. The molecule has 0 aliphatic heterocycles. The topological polar surface area (TPSA) is 168 Å². The van der Waals surface area contributed by atoms with Crippen LogP contribution < -0.4 is 11.5 Å². The van der Waals surface area contributed by atoms with Crippen LogP contribution in [0, 0.1) is 6.92 Å². The molecule has 7 rings (SSSR count). The number of phenolic OH excluding ortho intramolecular Hbond substituents is 1. The first-order valence-corrected chi connectivity index (χ1v) is 13.7. The molecular formula is C32H28N8O3. The van der Waals surface area contributed by atoms with Gasteiger partial charge in [0.25, 0.3) is 0 Å². The van der Waals surface area contributed by atoms with Crippen molar-refractivity contribution in [1.82, 2.24) is 29.3 Å². The molecule has 0 saturated carbocycles. The molecule has 4 aromatic heterocycles. The molecule has 0 atom stereocenters. The molecule has 0 spiro atoms. The average molecular weight is 573 g/mol. The summed E-state index contributed by atoms with van der Waals surface area (Å²) in [7, 11) is 0. The predicted molar refractivity (Wildman–Crippen MR) is 162 cm³/mol. The van der Waals surface area contributed by atoms with E-state index in [1.54, 1.807) is 10.9 Å². The number of imidazole rings is 1. The van der Waals surface area contributed by atoms with Gasteiger partial charge >= 0.3 is 0 Å². The third-order valence-electron chi connectivity index (χ3n) is 7.31. The van der Waals surface area contributed by atoms with Crippen molar-refractivity contribution in [3.63, 3.8) is 0 Å². The predicted octanol–water partition coefficient (Wildman–Crippen LogP) is 4.35. The zero-order valence-corrected chi connectivity index (χ0v) is 23.3. The Bertz CT molecular complexity index is 2000. The Hall–Kier alpha value is -5.84. The van der Waals surface area contributed by atoms with Gasteiger partial charge in [-0.25, -0.2) is 19.6 Å². The minimum Gasteiger partial charge on any atom is -0.507 e. The van der Waals surface area contributed by atoms with Crippen LogP contribution in [0.1, 0.15) is 44.0 Å². The van der Waals surface area contributed by atoms with Crippen molar-refractivity contribution in [1.29, 1.82) is 0 Å². The number of fused-ring (bicyclic) bond motifs is 2. The number of aromatic nitrogens is 6. The number of nitrogens with zero attached hydrogens (tertiary/aromatic N) is 6. The number of pyridine rings is 2. The molecule has 0 saturated heterocycles. The van der Waals surface area contributed by atoms with Gasteiger partial charge < -0.3 is 16.6 Å². The number of nitrogens with two attached hydrogens (primary N) is 2. The molecule has 0 radical (unpaired) electrons. The normalized spacial score (nSPS) is 12.0. The maximum Gasteiger partial charge on any atom is 0.248 e. The van der Waals surface area contributed by atoms with E-state index in [-0.39, 0.29) is 16.9 Å². The Balaban J connectivity index is 0.000000232. The summed E-state index contributed by atoms with van der Waals surface area (Å²) in [4.78, 5) is 35.2. The van der Waals surface area contributed by atoms with Crippen LogP contribution in [0.3, 0.4) is 0 Å². The number of primary amides is 1. The number of anilines is 1.